The van der Waals surface area contributed by atoms with Gasteiger partial charge >= 0.3 is 0 Å². The van der Waals surface area contributed by atoms with Crippen LogP contribution in [0, 0.1) is 52.3 Å². The van der Waals surface area contributed by atoms with Crippen LogP contribution in [0.2, 0.25) is 0 Å². The third kappa shape index (κ3) is 7.37. The minimum atomic E-state index is -0.527. The number of nitrogens with zero attached hydrogens (tertiary/aromatic N) is 1. The normalized spacial score (nSPS) is 38.4. The number of unbranched alkanes of at least 4 members (excludes halogenated alkanes) is 2. The zero-order valence-electron chi connectivity index (χ0n) is 29.4. The van der Waals surface area contributed by atoms with E-state index in [2.05, 4.69) is 46.0 Å². The van der Waals surface area contributed by atoms with Gasteiger partial charge in [-0.25, -0.2) is 0 Å². The van der Waals surface area contributed by atoms with Crippen LogP contribution in [0.25, 0.3) is 0 Å². The van der Waals surface area contributed by atoms with Crippen molar-refractivity contribution in [2.75, 3.05) is 19.7 Å². The van der Waals surface area contributed by atoms with Gasteiger partial charge in [-0.2, -0.15) is 0 Å². The Balaban J connectivity index is 1.07. The van der Waals surface area contributed by atoms with Crippen LogP contribution in [-0.4, -0.2) is 58.8 Å². The summed E-state index contributed by atoms with van der Waals surface area (Å²) in [5.74, 6) is 5.37. The fraction of sp³-hybridized carbons (Fsp3) is 0.897. The van der Waals surface area contributed by atoms with Gasteiger partial charge in [-0.15, -0.1) is 0 Å². The average molecular weight is 627 g/mol. The summed E-state index contributed by atoms with van der Waals surface area (Å²) in [6, 6.07) is -0.249. The Morgan fingerprint density at radius 3 is 2.56 bits per heavy atom. The maximum atomic E-state index is 13.2. The SMILES string of the molecule is CC(C)CCC[C@@H](C)[C@H]1CCC2C3CC=C4CC(C(=O)NCCCCCC(=O)N5CC(O)C[C@H]5CO)CC[C@]4(C)C3CC[C@@]21C. The number of allylic oxidation sites excluding steroid dienone is 2. The van der Waals surface area contributed by atoms with E-state index in [0.29, 0.717) is 31.3 Å². The fourth-order valence-electron chi connectivity index (χ4n) is 11.4. The van der Waals surface area contributed by atoms with Gasteiger partial charge in [0.05, 0.1) is 18.8 Å². The number of carbonyl (C=O) groups is 2. The highest BCUT2D eigenvalue weighted by molar-refractivity contribution is 5.79. The number of nitrogens with one attached hydrogen (secondary N) is 1. The molecule has 3 saturated carbocycles. The number of amides is 2. The molecule has 5 rings (SSSR count). The number of hydrogen-bond acceptors (Lipinski definition) is 4. The van der Waals surface area contributed by atoms with Crippen molar-refractivity contribution < 1.29 is 19.8 Å². The molecule has 2 amide bonds. The van der Waals surface area contributed by atoms with Crippen molar-refractivity contribution in [3.8, 4) is 0 Å². The summed E-state index contributed by atoms with van der Waals surface area (Å²) >= 11 is 0. The molecule has 1 aliphatic heterocycles. The van der Waals surface area contributed by atoms with Crippen LogP contribution < -0.4 is 5.32 Å². The lowest BCUT2D eigenvalue weighted by Crippen LogP contribution is -2.51. The van der Waals surface area contributed by atoms with Crippen LogP contribution >= 0.6 is 0 Å². The Kier molecular flexibility index (Phi) is 11.5. The van der Waals surface area contributed by atoms with Crippen LogP contribution in [0.5, 0.6) is 0 Å². The Morgan fingerprint density at radius 2 is 1.80 bits per heavy atom. The fourth-order valence-corrected chi connectivity index (χ4v) is 11.4. The van der Waals surface area contributed by atoms with Crippen LogP contribution in [0.1, 0.15) is 137 Å². The van der Waals surface area contributed by atoms with E-state index >= 15 is 0 Å². The Hall–Kier alpha value is -1.40. The van der Waals surface area contributed by atoms with Gasteiger partial charge in [-0.1, -0.05) is 72.0 Å². The quantitative estimate of drug-likeness (QED) is 0.148. The van der Waals surface area contributed by atoms with E-state index in [1.165, 1.54) is 51.4 Å². The first-order valence-electron chi connectivity index (χ1n) is 19.0. The summed E-state index contributed by atoms with van der Waals surface area (Å²) in [5, 5.41) is 22.5. The van der Waals surface area contributed by atoms with Gasteiger partial charge in [-0.3, -0.25) is 9.59 Å². The summed E-state index contributed by atoms with van der Waals surface area (Å²) in [6.45, 7) is 13.4. The predicted molar refractivity (Wildman–Crippen MR) is 181 cm³/mol. The monoisotopic (exact) mass is 627 g/mol. The highest BCUT2D eigenvalue weighted by Crippen LogP contribution is 2.67. The van der Waals surface area contributed by atoms with E-state index in [1.54, 1.807) is 10.5 Å². The van der Waals surface area contributed by atoms with E-state index < -0.39 is 6.10 Å². The van der Waals surface area contributed by atoms with E-state index in [0.717, 1.165) is 74.0 Å². The van der Waals surface area contributed by atoms with Gasteiger partial charge in [0, 0.05) is 25.4 Å². The Morgan fingerprint density at radius 1 is 1.00 bits per heavy atom. The number of hydrogen-bond donors (Lipinski definition) is 3. The molecule has 5 aliphatic rings. The average Bonchev–Trinajstić information content (AvgIpc) is 3.57. The third-order valence-corrected chi connectivity index (χ3v) is 14.0. The summed E-state index contributed by atoms with van der Waals surface area (Å²) in [5.41, 5.74) is 2.37. The van der Waals surface area contributed by atoms with Crippen LogP contribution in [0.15, 0.2) is 11.6 Å². The van der Waals surface area contributed by atoms with Crippen molar-refractivity contribution in [1.82, 2.24) is 10.2 Å². The molecule has 0 aromatic carbocycles. The molecule has 256 valence electrons. The third-order valence-electron chi connectivity index (χ3n) is 14.0. The number of carbonyl (C=O) groups excluding carboxylic acids is 2. The lowest BCUT2D eigenvalue weighted by Gasteiger charge is -2.58. The summed E-state index contributed by atoms with van der Waals surface area (Å²) in [7, 11) is 0. The zero-order chi connectivity index (χ0) is 32.4. The summed E-state index contributed by atoms with van der Waals surface area (Å²) in [4.78, 5) is 27.4. The second kappa shape index (κ2) is 14.8. The second-order valence-corrected chi connectivity index (χ2v) is 17.1. The molecule has 1 saturated heterocycles. The molecular weight excluding hydrogens is 560 g/mol. The number of fused-ring (bicyclic) bond motifs is 5. The van der Waals surface area contributed by atoms with Gasteiger partial charge in [0.15, 0.2) is 0 Å². The molecule has 0 radical (unpaired) electrons. The summed E-state index contributed by atoms with van der Waals surface area (Å²) in [6.07, 6.45) is 19.6. The van der Waals surface area contributed by atoms with E-state index in [9.17, 15) is 19.8 Å². The first kappa shape index (κ1) is 34.9. The topological polar surface area (TPSA) is 89.9 Å². The predicted octanol–water partition coefficient (Wildman–Crippen LogP) is 7.27. The number of aliphatic hydroxyl groups is 2. The molecule has 10 atom stereocenters. The Labute approximate surface area is 274 Å². The standard InChI is InChI=1S/C39H66N2O4/c1-26(2)10-9-11-27(3)33-15-16-34-32-14-13-29-22-28(17-19-38(29,4)35(32)18-20-39(33,34)5)37(45)40-21-8-6-7-12-36(44)41-24-31(43)23-30(41)25-42/h13,26-28,30-35,42-43H,6-12,14-25H2,1-5H3,(H,40,45)/t27-,28?,30+,31?,32?,33-,34?,35?,38+,39-/m1/s1. The molecule has 6 nitrogen and oxygen atoms in total. The molecule has 6 heteroatoms. The van der Waals surface area contributed by atoms with Crippen LogP contribution in [0.3, 0.4) is 0 Å². The summed E-state index contributed by atoms with van der Waals surface area (Å²) < 4.78 is 0. The molecule has 5 unspecified atom stereocenters. The van der Waals surface area contributed by atoms with Gasteiger partial charge in [0.1, 0.15) is 0 Å². The maximum Gasteiger partial charge on any atom is 0.223 e. The molecule has 0 bridgehead atoms. The van der Waals surface area contributed by atoms with Crippen molar-refractivity contribution in [2.24, 2.45) is 52.3 Å². The van der Waals surface area contributed by atoms with Crippen molar-refractivity contribution in [3.63, 3.8) is 0 Å². The van der Waals surface area contributed by atoms with Gasteiger partial charge in [0.2, 0.25) is 11.8 Å². The lowest BCUT2D eigenvalue weighted by molar-refractivity contribution is -0.133. The van der Waals surface area contributed by atoms with Gasteiger partial charge < -0.3 is 20.4 Å². The van der Waals surface area contributed by atoms with Crippen LogP contribution in [-0.2, 0) is 9.59 Å². The second-order valence-electron chi connectivity index (χ2n) is 17.1. The van der Waals surface area contributed by atoms with Crippen molar-refractivity contribution >= 4 is 11.8 Å². The van der Waals surface area contributed by atoms with Gasteiger partial charge in [0.25, 0.3) is 0 Å². The molecular formula is C39H66N2O4. The minimum absolute atomic E-state index is 0.0184. The van der Waals surface area contributed by atoms with E-state index in [-0.39, 0.29) is 35.8 Å². The largest absolute Gasteiger partial charge is 0.394 e. The molecule has 3 N–H and O–H groups in total. The Bertz CT molecular complexity index is 1060. The van der Waals surface area contributed by atoms with Crippen LogP contribution in [0.4, 0.5) is 0 Å². The lowest BCUT2D eigenvalue weighted by atomic mass is 9.46. The molecule has 4 fully saturated rings. The number of β-amino-alcohol motifs (C(OH)–C–C–N with tert-alkyl or cyclic N) is 1. The number of likely N-dealkylation sites (tertiary alicyclic amines) is 1. The van der Waals surface area contributed by atoms with E-state index in [1.807, 2.05) is 0 Å². The van der Waals surface area contributed by atoms with Crippen molar-refractivity contribution in [3.05, 3.63) is 11.6 Å². The maximum absolute atomic E-state index is 13.2. The molecule has 0 spiro atoms. The molecule has 0 aromatic rings. The number of rotatable bonds is 13. The van der Waals surface area contributed by atoms with Gasteiger partial charge in [-0.05, 0) is 117 Å². The first-order valence-corrected chi connectivity index (χ1v) is 19.0. The number of aliphatic hydroxyl groups excluding tert-OH is 2. The molecule has 4 aliphatic carbocycles. The smallest absolute Gasteiger partial charge is 0.223 e. The van der Waals surface area contributed by atoms with Crippen molar-refractivity contribution in [2.45, 2.75) is 149 Å². The first-order chi connectivity index (χ1) is 21.5. The molecule has 1 heterocycles. The van der Waals surface area contributed by atoms with E-state index in [4.69, 9.17) is 0 Å². The highest BCUT2D eigenvalue weighted by Gasteiger charge is 2.59. The molecule has 45 heavy (non-hydrogen) atoms. The zero-order valence-corrected chi connectivity index (χ0v) is 29.4. The highest BCUT2D eigenvalue weighted by atomic mass is 16.3. The minimum Gasteiger partial charge on any atom is -0.394 e. The molecule has 0 aromatic heterocycles. The van der Waals surface area contributed by atoms with Crippen molar-refractivity contribution in [1.29, 1.82) is 0 Å².